The fraction of sp³-hybridized carbons (Fsp3) is 0.222. The fourth-order valence-electron chi connectivity index (χ4n) is 4.32. The van der Waals surface area contributed by atoms with Gasteiger partial charge in [-0.05, 0) is 50.6 Å². The van der Waals surface area contributed by atoms with E-state index in [9.17, 15) is 9.59 Å². The number of ether oxygens (including phenoxy) is 2. The van der Waals surface area contributed by atoms with Crippen LogP contribution in [0.4, 0.5) is 0 Å². The average molecular weight is 488 g/mol. The Morgan fingerprint density at radius 1 is 1.17 bits per heavy atom. The third-order valence-electron chi connectivity index (χ3n) is 5.92. The van der Waals surface area contributed by atoms with E-state index in [1.165, 1.54) is 11.3 Å². The van der Waals surface area contributed by atoms with Gasteiger partial charge in [-0.1, -0.05) is 41.7 Å². The SMILES string of the molecule is COc1ccc(C2C(C(=O)OC(C)C)=C(C)N=c3s/c(=C/c4c[nH]c5ccccc45)c(=O)n32)cc1. The number of hydrogen-bond acceptors (Lipinski definition) is 6. The molecule has 7 nitrogen and oxygen atoms in total. The van der Waals surface area contributed by atoms with Crippen molar-refractivity contribution in [2.45, 2.75) is 32.9 Å². The van der Waals surface area contributed by atoms with Crippen LogP contribution >= 0.6 is 11.3 Å². The van der Waals surface area contributed by atoms with Crippen LogP contribution in [0.3, 0.4) is 0 Å². The summed E-state index contributed by atoms with van der Waals surface area (Å²) in [5.41, 5.74) is 3.38. The third-order valence-corrected chi connectivity index (χ3v) is 6.91. The van der Waals surface area contributed by atoms with Crippen molar-refractivity contribution in [3.8, 4) is 5.75 Å². The van der Waals surface area contributed by atoms with Crippen molar-refractivity contribution < 1.29 is 14.3 Å². The summed E-state index contributed by atoms with van der Waals surface area (Å²) < 4.78 is 13.0. The summed E-state index contributed by atoms with van der Waals surface area (Å²) in [4.78, 5) is 35.4. The van der Waals surface area contributed by atoms with Gasteiger partial charge in [0.2, 0.25) is 0 Å². The maximum absolute atomic E-state index is 13.8. The van der Waals surface area contributed by atoms with Gasteiger partial charge in [0.25, 0.3) is 5.56 Å². The Kier molecular flexibility index (Phi) is 5.90. The fourth-order valence-corrected chi connectivity index (χ4v) is 5.35. The number of aromatic amines is 1. The number of H-pyrrole nitrogens is 1. The molecule has 8 heteroatoms. The highest BCUT2D eigenvalue weighted by molar-refractivity contribution is 7.07. The average Bonchev–Trinajstić information content (AvgIpc) is 3.38. The number of methoxy groups -OCH3 is 1. The van der Waals surface area contributed by atoms with Gasteiger partial charge in [-0.25, -0.2) is 9.79 Å². The Hall–Kier alpha value is -3.91. The van der Waals surface area contributed by atoms with E-state index in [0.29, 0.717) is 26.4 Å². The molecule has 1 unspecified atom stereocenters. The molecule has 0 bridgehead atoms. The molecule has 0 amide bonds. The van der Waals surface area contributed by atoms with Crippen molar-refractivity contribution in [1.82, 2.24) is 9.55 Å². The van der Waals surface area contributed by atoms with Crippen molar-refractivity contribution in [2.75, 3.05) is 7.11 Å². The molecule has 0 fully saturated rings. The number of thiazole rings is 1. The minimum Gasteiger partial charge on any atom is -0.497 e. The van der Waals surface area contributed by atoms with E-state index in [0.717, 1.165) is 22.0 Å². The molecule has 2 aromatic carbocycles. The van der Waals surface area contributed by atoms with Gasteiger partial charge in [-0.2, -0.15) is 0 Å². The van der Waals surface area contributed by atoms with E-state index in [1.807, 2.05) is 60.8 Å². The molecule has 35 heavy (non-hydrogen) atoms. The summed E-state index contributed by atoms with van der Waals surface area (Å²) in [6.45, 7) is 5.38. The number of rotatable bonds is 5. The number of benzene rings is 2. The second-order valence-electron chi connectivity index (χ2n) is 8.60. The highest BCUT2D eigenvalue weighted by atomic mass is 32.1. The Morgan fingerprint density at radius 3 is 2.63 bits per heavy atom. The molecule has 4 aromatic rings. The van der Waals surface area contributed by atoms with Crippen LogP contribution in [0.2, 0.25) is 0 Å². The zero-order chi connectivity index (χ0) is 24.7. The molecule has 178 valence electrons. The number of allylic oxidation sites excluding steroid dienone is 1. The number of carbonyl (C=O) groups is 1. The number of nitrogens with zero attached hydrogens (tertiary/aromatic N) is 2. The van der Waals surface area contributed by atoms with E-state index in [-0.39, 0.29) is 11.7 Å². The van der Waals surface area contributed by atoms with Crippen LogP contribution in [0, 0.1) is 0 Å². The lowest BCUT2D eigenvalue weighted by atomic mass is 9.96. The number of para-hydroxylation sites is 1. The highest BCUT2D eigenvalue weighted by Crippen LogP contribution is 2.32. The van der Waals surface area contributed by atoms with Crippen molar-refractivity contribution in [3.05, 3.63) is 96.8 Å². The topological polar surface area (TPSA) is 85.7 Å². The quantitative estimate of drug-likeness (QED) is 0.435. The summed E-state index contributed by atoms with van der Waals surface area (Å²) in [5, 5.41) is 1.03. The van der Waals surface area contributed by atoms with Crippen LogP contribution in [0.15, 0.2) is 75.8 Å². The number of esters is 1. The zero-order valence-electron chi connectivity index (χ0n) is 19.9. The van der Waals surface area contributed by atoms with Crippen LogP contribution in [0.5, 0.6) is 5.75 Å². The second-order valence-corrected chi connectivity index (χ2v) is 9.61. The van der Waals surface area contributed by atoms with Gasteiger partial charge >= 0.3 is 5.97 Å². The van der Waals surface area contributed by atoms with Gasteiger partial charge in [0.15, 0.2) is 4.80 Å². The first-order valence-corrected chi connectivity index (χ1v) is 12.1. The lowest BCUT2D eigenvalue weighted by molar-refractivity contribution is -0.143. The van der Waals surface area contributed by atoms with Crippen LogP contribution in [0.1, 0.15) is 37.9 Å². The van der Waals surface area contributed by atoms with E-state index >= 15 is 0 Å². The summed E-state index contributed by atoms with van der Waals surface area (Å²) in [7, 11) is 1.60. The van der Waals surface area contributed by atoms with Crippen LogP contribution in [-0.4, -0.2) is 28.7 Å². The Morgan fingerprint density at radius 2 is 1.91 bits per heavy atom. The molecule has 0 aliphatic carbocycles. The molecule has 1 aliphatic rings. The van der Waals surface area contributed by atoms with Crippen LogP contribution < -0.4 is 19.6 Å². The maximum Gasteiger partial charge on any atom is 0.338 e. The Balaban J connectivity index is 1.72. The first kappa shape index (κ1) is 22.9. The van der Waals surface area contributed by atoms with Gasteiger partial charge in [-0.15, -0.1) is 0 Å². The Bertz CT molecular complexity index is 1640. The van der Waals surface area contributed by atoms with Crippen LogP contribution in [0.25, 0.3) is 17.0 Å². The van der Waals surface area contributed by atoms with Gasteiger partial charge in [0, 0.05) is 22.7 Å². The van der Waals surface area contributed by atoms with Crippen molar-refractivity contribution in [2.24, 2.45) is 4.99 Å². The highest BCUT2D eigenvalue weighted by Gasteiger charge is 2.33. The normalized spacial score (nSPS) is 15.9. The molecular formula is C27H25N3O4S. The lowest BCUT2D eigenvalue weighted by Gasteiger charge is -2.25. The minimum atomic E-state index is -0.659. The maximum atomic E-state index is 13.8. The number of nitrogens with one attached hydrogen (secondary N) is 1. The summed E-state index contributed by atoms with van der Waals surface area (Å²) in [6.07, 6.45) is 3.46. The first-order valence-electron chi connectivity index (χ1n) is 11.3. The van der Waals surface area contributed by atoms with Crippen molar-refractivity contribution >= 4 is 34.3 Å². The molecule has 5 rings (SSSR count). The van der Waals surface area contributed by atoms with E-state index in [1.54, 1.807) is 32.4 Å². The second kappa shape index (κ2) is 9.03. The van der Waals surface area contributed by atoms with Crippen molar-refractivity contribution in [3.63, 3.8) is 0 Å². The minimum absolute atomic E-state index is 0.206. The zero-order valence-corrected chi connectivity index (χ0v) is 20.7. The van der Waals surface area contributed by atoms with E-state index in [4.69, 9.17) is 9.47 Å². The smallest absolute Gasteiger partial charge is 0.338 e. The lowest BCUT2D eigenvalue weighted by Crippen LogP contribution is -2.40. The van der Waals surface area contributed by atoms with Crippen molar-refractivity contribution in [1.29, 1.82) is 0 Å². The summed E-state index contributed by atoms with van der Waals surface area (Å²) in [5.74, 6) is 0.209. The van der Waals surface area contributed by atoms with E-state index < -0.39 is 12.0 Å². The van der Waals surface area contributed by atoms with Gasteiger partial charge < -0.3 is 14.5 Å². The predicted molar refractivity (Wildman–Crippen MR) is 136 cm³/mol. The molecule has 1 N–H and O–H groups in total. The summed E-state index contributed by atoms with van der Waals surface area (Å²) >= 11 is 1.31. The predicted octanol–water partition coefficient (Wildman–Crippen LogP) is 3.68. The molecule has 0 radical (unpaired) electrons. The largest absolute Gasteiger partial charge is 0.497 e. The van der Waals surface area contributed by atoms with Gasteiger partial charge in [-0.3, -0.25) is 9.36 Å². The molecule has 1 aliphatic heterocycles. The molecular weight excluding hydrogens is 462 g/mol. The molecule has 1 atom stereocenters. The molecule has 0 saturated carbocycles. The monoisotopic (exact) mass is 487 g/mol. The molecule has 0 spiro atoms. The Labute approximate surface area is 205 Å². The first-order chi connectivity index (χ1) is 16.9. The molecule has 3 heterocycles. The van der Waals surface area contributed by atoms with E-state index in [2.05, 4.69) is 9.98 Å². The molecule has 0 saturated heterocycles. The third kappa shape index (κ3) is 4.10. The molecule has 2 aromatic heterocycles. The summed E-state index contributed by atoms with van der Waals surface area (Å²) in [6, 6.07) is 14.6. The number of fused-ring (bicyclic) bond motifs is 2. The number of carbonyl (C=O) groups excluding carboxylic acids is 1. The van der Waals surface area contributed by atoms with Crippen LogP contribution in [-0.2, 0) is 9.53 Å². The number of aromatic nitrogens is 2. The number of hydrogen-bond donors (Lipinski definition) is 1. The van der Waals surface area contributed by atoms with Gasteiger partial charge in [0.05, 0.1) is 35.1 Å². The standard InChI is InChI=1S/C27H25N3O4S/c1-15(2)34-26(32)23-16(3)29-27-30(24(23)17-9-11-19(33-4)12-10-17)25(31)22(35-27)13-18-14-28-21-8-6-5-7-20(18)21/h5-15,24,28H,1-4H3/b22-13+. The van der Waals surface area contributed by atoms with Gasteiger partial charge in [0.1, 0.15) is 5.75 Å².